The molecule has 3 rings (SSSR count). The molecule has 2 aliphatic rings. The number of aromatic nitrogens is 3. The third-order valence-electron chi connectivity index (χ3n) is 4.10. The largest absolute Gasteiger partial charge is 0.343 e. The zero-order valence-corrected chi connectivity index (χ0v) is 12.3. The van der Waals surface area contributed by atoms with E-state index in [0.29, 0.717) is 11.2 Å². The number of halogens is 1. The van der Waals surface area contributed by atoms with Gasteiger partial charge in [0.15, 0.2) is 0 Å². The molecule has 2 heterocycles. The van der Waals surface area contributed by atoms with Crippen LogP contribution < -0.4 is 9.80 Å². The summed E-state index contributed by atoms with van der Waals surface area (Å²) in [5, 5.41) is 0.294. The average molecular weight is 282 g/mol. The van der Waals surface area contributed by atoms with Crippen molar-refractivity contribution >= 4 is 23.5 Å². The summed E-state index contributed by atoms with van der Waals surface area (Å²) in [5.74, 6) is 3.03. The molecule has 0 bridgehead atoms. The van der Waals surface area contributed by atoms with Crippen LogP contribution in [0.2, 0.25) is 5.28 Å². The Bertz CT molecular complexity index is 460. The fourth-order valence-electron chi connectivity index (χ4n) is 2.65. The fraction of sp³-hybridized carbons (Fsp3) is 0.769. The van der Waals surface area contributed by atoms with Gasteiger partial charge in [0.1, 0.15) is 0 Å². The Morgan fingerprint density at radius 1 is 1.26 bits per heavy atom. The van der Waals surface area contributed by atoms with E-state index in [1.165, 1.54) is 19.3 Å². The zero-order valence-electron chi connectivity index (χ0n) is 11.5. The van der Waals surface area contributed by atoms with Crippen LogP contribution in [0, 0.1) is 11.8 Å². The molecule has 1 aromatic heterocycles. The predicted octanol–water partition coefficient (Wildman–Crippen LogP) is 2.22. The molecule has 5 nitrogen and oxygen atoms in total. The quantitative estimate of drug-likeness (QED) is 0.847. The number of anilines is 2. The van der Waals surface area contributed by atoms with E-state index in [0.717, 1.165) is 37.4 Å². The molecule has 0 spiro atoms. The highest BCUT2D eigenvalue weighted by Gasteiger charge is 2.33. The molecule has 2 unspecified atom stereocenters. The normalized spacial score (nSPS) is 25.7. The Balaban J connectivity index is 1.76. The standard InChI is InChI=1S/C13H20ClN5/c1-9-7-10(9)8-18(2)12-15-11(14)16-13(17-12)19-5-3-4-6-19/h9-10H,3-8H2,1-2H3. The minimum absolute atomic E-state index is 0.294. The fourth-order valence-corrected chi connectivity index (χ4v) is 2.80. The molecule has 0 radical (unpaired) electrons. The predicted molar refractivity (Wildman–Crippen MR) is 76.8 cm³/mol. The number of rotatable bonds is 4. The van der Waals surface area contributed by atoms with E-state index in [9.17, 15) is 0 Å². The van der Waals surface area contributed by atoms with Gasteiger partial charge in [-0.2, -0.15) is 15.0 Å². The Labute approximate surface area is 119 Å². The van der Waals surface area contributed by atoms with Gasteiger partial charge in [-0.15, -0.1) is 0 Å². The molecule has 6 heteroatoms. The molecular formula is C13H20ClN5. The van der Waals surface area contributed by atoms with E-state index in [4.69, 9.17) is 11.6 Å². The van der Waals surface area contributed by atoms with Crippen molar-refractivity contribution in [2.24, 2.45) is 11.8 Å². The molecule has 19 heavy (non-hydrogen) atoms. The Hall–Kier alpha value is -1.10. The summed E-state index contributed by atoms with van der Waals surface area (Å²) < 4.78 is 0. The molecule has 0 aromatic carbocycles. The molecule has 1 aliphatic heterocycles. The van der Waals surface area contributed by atoms with Gasteiger partial charge in [-0.25, -0.2) is 0 Å². The van der Waals surface area contributed by atoms with Crippen LogP contribution in [0.15, 0.2) is 0 Å². The number of hydrogen-bond donors (Lipinski definition) is 0. The molecule has 0 amide bonds. The summed E-state index contributed by atoms with van der Waals surface area (Å²) in [4.78, 5) is 17.4. The van der Waals surface area contributed by atoms with Crippen LogP contribution in [0.4, 0.5) is 11.9 Å². The molecule has 1 saturated carbocycles. The second-order valence-electron chi connectivity index (χ2n) is 5.75. The smallest absolute Gasteiger partial charge is 0.231 e. The lowest BCUT2D eigenvalue weighted by atomic mass is 10.3. The van der Waals surface area contributed by atoms with Crippen LogP contribution in [0.5, 0.6) is 0 Å². The highest BCUT2D eigenvalue weighted by molar-refractivity contribution is 6.28. The summed E-state index contributed by atoms with van der Waals surface area (Å²) in [6.45, 7) is 5.32. The van der Waals surface area contributed by atoms with Gasteiger partial charge in [-0.05, 0) is 42.7 Å². The minimum Gasteiger partial charge on any atom is -0.343 e. The molecule has 1 saturated heterocycles. The molecule has 0 N–H and O–H groups in total. The first-order chi connectivity index (χ1) is 9.13. The van der Waals surface area contributed by atoms with E-state index in [1.807, 2.05) is 7.05 Å². The van der Waals surface area contributed by atoms with Gasteiger partial charge >= 0.3 is 0 Å². The lowest BCUT2D eigenvalue weighted by Gasteiger charge is -2.20. The van der Waals surface area contributed by atoms with Crippen molar-refractivity contribution < 1.29 is 0 Å². The van der Waals surface area contributed by atoms with E-state index >= 15 is 0 Å². The van der Waals surface area contributed by atoms with E-state index < -0.39 is 0 Å². The maximum absolute atomic E-state index is 6.04. The maximum atomic E-state index is 6.04. The number of nitrogens with zero attached hydrogens (tertiary/aromatic N) is 5. The zero-order chi connectivity index (χ0) is 13.4. The van der Waals surface area contributed by atoms with Gasteiger partial charge in [0.05, 0.1) is 0 Å². The van der Waals surface area contributed by atoms with E-state index in [1.54, 1.807) is 0 Å². The molecule has 1 aromatic rings. The topological polar surface area (TPSA) is 45.2 Å². The average Bonchev–Trinajstić information content (AvgIpc) is 2.88. The van der Waals surface area contributed by atoms with E-state index in [2.05, 4.69) is 31.7 Å². The third kappa shape index (κ3) is 2.91. The van der Waals surface area contributed by atoms with Gasteiger partial charge in [-0.1, -0.05) is 6.92 Å². The van der Waals surface area contributed by atoms with Crippen LogP contribution in [0.1, 0.15) is 26.2 Å². The van der Waals surface area contributed by atoms with Crippen molar-refractivity contribution in [1.82, 2.24) is 15.0 Å². The van der Waals surface area contributed by atoms with Crippen LogP contribution >= 0.6 is 11.6 Å². The van der Waals surface area contributed by atoms with Gasteiger partial charge in [0, 0.05) is 26.7 Å². The van der Waals surface area contributed by atoms with Crippen LogP contribution in [-0.2, 0) is 0 Å². The first-order valence-corrected chi connectivity index (χ1v) is 7.39. The molecule has 104 valence electrons. The maximum Gasteiger partial charge on any atom is 0.231 e. The molecule has 2 fully saturated rings. The van der Waals surface area contributed by atoms with Crippen molar-refractivity contribution in [2.75, 3.05) is 36.5 Å². The second-order valence-corrected chi connectivity index (χ2v) is 6.09. The molecular weight excluding hydrogens is 262 g/mol. The second kappa shape index (κ2) is 5.12. The third-order valence-corrected chi connectivity index (χ3v) is 4.27. The van der Waals surface area contributed by atoms with Crippen molar-refractivity contribution in [2.45, 2.75) is 26.2 Å². The van der Waals surface area contributed by atoms with Gasteiger partial charge in [0.2, 0.25) is 17.2 Å². The van der Waals surface area contributed by atoms with Crippen molar-refractivity contribution in [3.63, 3.8) is 0 Å². The van der Waals surface area contributed by atoms with Gasteiger partial charge < -0.3 is 9.80 Å². The van der Waals surface area contributed by atoms with E-state index in [-0.39, 0.29) is 0 Å². The highest BCUT2D eigenvalue weighted by atomic mass is 35.5. The van der Waals surface area contributed by atoms with Gasteiger partial charge in [-0.3, -0.25) is 0 Å². The van der Waals surface area contributed by atoms with Crippen LogP contribution in [0.25, 0.3) is 0 Å². The first-order valence-electron chi connectivity index (χ1n) is 7.01. The highest BCUT2D eigenvalue weighted by Crippen LogP contribution is 2.38. The summed E-state index contributed by atoms with van der Waals surface area (Å²) in [6, 6.07) is 0. The number of hydrogen-bond acceptors (Lipinski definition) is 5. The lowest BCUT2D eigenvalue weighted by Crippen LogP contribution is -2.26. The lowest BCUT2D eigenvalue weighted by molar-refractivity contribution is 0.707. The van der Waals surface area contributed by atoms with Crippen LogP contribution in [0.3, 0.4) is 0 Å². The monoisotopic (exact) mass is 281 g/mol. The van der Waals surface area contributed by atoms with Crippen LogP contribution in [-0.4, -0.2) is 41.6 Å². The summed E-state index contributed by atoms with van der Waals surface area (Å²) in [6.07, 6.45) is 3.71. The van der Waals surface area contributed by atoms with Crippen molar-refractivity contribution in [3.8, 4) is 0 Å². The Kier molecular flexibility index (Phi) is 3.48. The minimum atomic E-state index is 0.294. The summed E-state index contributed by atoms with van der Waals surface area (Å²) >= 11 is 6.04. The summed E-state index contributed by atoms with van der Waals surface area (Å²) in [7, 11) is 2.03. The first kappa shape index (κ1) is 12.9. The SMILES string of the molecule is CC1CC1CN(C)c1nc(Cl)nc(N2CCCC2)n1. The van der Waals surface area contributed by atoms with Crippen molar-refractivity contribution in [1.29, 1.82) is 0 Å². The Morgan fingerprint density at radius 3 is 2.58 bits per heavy atom. The van der Waals surface area contributed by atoms with Crippen molar-refractivity contribution in [3.05, 3.63) is 5.28 Å². The summed E-state index contributed by atoms with van der Waals surface area (Å²) in [5.41, 5.74) is 0. The molecule has 2 atom stereocenters. The molecule has 1 aliphatic carbocycles. The Morgan fingerprint density at radius 2 is 1.95 bits per heavy atom. The van der Waals surface area contributed by atoms with Gasteiger partial charge in [0.25, 0.3) is 0 Å².